The van der Waals surface area contributed by atoms with E-state index in [0.717, 1.165) is 21.2 Å². The first-order valence-electron chi connectivity index (χ1n) is 8.97. The van der Waals surface area contributed by atoms with Crippen molar-refractivity contribution in [2.45, 2.75) is 6.61 Å². The van der Waals surface area contributed by atoms with Crippen molar-refractivity contribution >= 4 is 32.5 Å². The van der Waals surface area contributed by atoms with E-state index in [1.807, 2.05) is 36.4 Å². The minimum Gasteiger partial charge on any atom is -0.489 e. The maximum absolute atomic E-state index is 13.0. The maximum atomic E-state index is 13.0. The van der Waals surface area contributed by atoms with Gasteiger partial charge in [-0.2, -0.15) is 0 Å². The van der Waals surface area contributed by atoms with Gasteiger partial charge in [0, 0.05) is 11.5 Å². The van der Waals surface area contributed by atoms with E-state index in [4.69, 9.17) is 9.15 Å². The molecule has 0 spiro atoms. The molecule has 0 amide bonds. The van der Waals surface area contributed by atoms with Gasteiger partial charge >= 0.3 is 5.63 Å². The number of thiazole rings is 1. The molecule has 0 fully saturated rings. The monoisotopic (exact) mass is 403 g/mol. The Morgan fingerprint density at radius 3 is 2.66 bits per heavy atom. The van der Waals surface area contributed by atoms with E-state index in [0.29, 0.717) is 28.5 Å². The number of halogens is 1. The lowest BCUT2D eigenvalue weighted by atomic mass is 10.2. The van der Waals surface area contributed by atoms with Gasteiger partial charge in [0.1, 0.15) is 28.8 Å². The van der Waals surface area contributed by atoms with E-state index in [2.05, 4.69) is 4.98 Å². The maximum Gasteiger partial charge on any atom is 0.346 e. The molecule has 5 aromatic rings. The Morgan fingerprint density at radius 2 is 1.83 bits per heavy atom. The van der Waals surface area contributed by atoms with Crippen molar-refractivity contribution in [3.8, 4) is 16.3 Å². The summed E-state index contributed by atoms with van der Waals surface area (Å²) in [7, 11) is 0. The number of para-hydroxylation sites is 1. The van der Waals surface area contributed by atoms with Crippen LogP contribution in [-0.2, 0) is 6.61 Å². The SMILES string of the molecule is O=c1oc2cc(OCc3ccc(F)cc3)ccc2cc1-c1nc2ccccc2s1. The van der Waals surface area contributed by atoms with Gasteiger partial charge in [0.25, 0.3) is 0 Å². The lowest BCUT2D eigenvalue weighted by Crippen LogP contribution is -2.02. The average molecular weight is 403 g/mol. The number of aromatic nitrogens is 1. The number of fused-ring (bicyclic) bond motifs is 2. The van der Waals surface area contributed by atoms with Crippen LogP contribution in [0.4, 0.5) is 4.39 Å². The summed E-state index contributed by atoms with van der Waals surface area (Å²) in [5, 5.41) is 1.42. The van der Waals surface area contributed by atoms with Crippen molar-refractivity contribution in [1.82, 2.24) is 4.98 Å². The predicted molar refractivity (Wildman–Crippen MR) is 112 cm³/mol. The number of hydrogen-bond donors (Lipinski definition) is 0. The second-order valence-corrected chi connectivity index (χ2v) is 7.58. The van der Waals surface area contributed by atoms with Crippen molar-refractivity contribution in [2.24, 2.45) is 0 Å². The fraction of sp³-hybridized carbons (Fsp3) is 0.0435. The summed E-state index contributed by atoms with van der Waals surface area (Å²) in [6.45, 7) is 0.291. The topological polar surface area (TPSA) is 52.3 Å². The van der Waals surface area contributed by atoms with E-state index in [-0.39, 0.29) is 5.82 Å². The molecule has 0 unspecified atom stereocenters. The molecule has 0 saturated carbocycles. The molecule has 0 atom stereocenters. The molecule has 6 heteroatoms. The summed E-state index contributed by atoms with van der Waals surface area (Å²) in [5.74, 6) is 0.280. The summed E-state index contributed by atoms with van der Waals surface area (Å²) >= 11 is 1.46. The van der Waals surface area contributed by atoms with Gasteiger partial charge in [-0.25, -0.2) is 14.2 Å². The molecule has 0 N–H and O–H groups in total. The minimum atomic E-state index is -0.438. The zero-order valence-corrected chi connectivity index (χ0v) is 15.9. The van der Waals surface area contributed by atoms with Crippen LogP contribution >= 0.6 is 11.3 Å². The highest BCUT2D eigenvalue weighted by Crippen LogP contribution is 2.30. The van der Waals surface area contributed by atoms with E-state index in [1.54, 1.807) is 24.3 Å². The second-order valence-electron chi connectivity index (χ2n) is 6.55. The number of ether oxygens (including phenoxy) is 1. The molecule has 0 aliphatic carbocycles. The molecule has 142 valence electrons. The van der Waals surface area contributed by atoms with Crippen LogP contribution in [0.15, 0.2) is 82.0 Å². The van der Waals surface area contributed by atoms with E-state index < -0.39 is 5.63 Å². The quantitative estimate of drug-likeness (QED) is 0.357. The number of rotatable bonds is 4. The van der Waals surface area contributed by atoms with Crippen molar-refractivity contribution in [3.05, 3.63) is 94.6 Å². The van der Waals surface area contributed by atoms with Gasteiger partial charge in [-0.1, -0.05) is 24.3 Å². The molecule has 3 aromatic carbocycles. The van der Waals surface area contributed by atoms with Crippen molar-refractivity contribution in [3.63, 3.8) is 0 Å². The fourth-order valence-corrected chi connectivity index (χ4v) is 4.03. The largest absolute Gasteiger partial charge is 0.489 e. The molecule has 0 bridgehead atoms. The average Bonchev–Trinajstić information content (AvgIpc) is 3.16. The Balaban J connectivity index is 1.45. The lowest BCUT2D eigenvalue weighted by molar-refractivity contribution is 0.306. The molecular formula is C23H14FNO3S. The van der Waals surface area contributed by atoms with E-state index >= 15 is 0 Å². The van der Waals surface area contributed by atoms with Gasteiger partial charge in [-0.05, 0) is 48.0 Å². The fourth-order valence-electron chi connectivity index (χ4n) is 3.07. The molecule has 0 radical (unpaired) electrons. The zero-order chi connectivity index (χ0) is 19.8. The predicted octanol–water partition coefficient (Wildman–Crippen LogP) is 5.79. The number of benzene rings is 3. The summed E-state index contributed by atoms with van der Waals surface area (Å²) in [4.78, 5) is 17.1. The van der Waals surface area contributed by atoms with Crippen molar-refractivity contribution in [2.75, 3.05) is 0 Å². The first-order valence-corrected chi connectivity index (χ1v) is 9.78. The van der Waals surface area contributed by atoms with Crippen LogP contribution in [0.5, 0.6) is 5.75 Å². The number of hydrogen-bond acceptors (Lipinski definition) is 5. The van der Waals surface area contributed by atoms with Crippen LogP contribution in [-0.4, -0.2) is 4.98 Å². The number of nitrogens with zero attached hydrogens (tertiary/aromatic N) is 1. The molecule has 4 nitrogen and oxygen atoms in total. The molecule has 2 heterocycles. The first-order chi connectivity index (χ1) is 14.2. The third-order valence-corrected chi connectivity index (χ3v) is 5.62. The normalized spacial score (nSPS) is 11.2. The molecule has 0 saturated heterocycles. The summed E-state index contributed by atoms with van der Waals surface area (Å²) in [6, 6.07) is 21.0. The summed E-state index contributed by atoms with van der Waals surface area (Å²) in [5.41, 5.74) is 2.15. The Kier molecular flexibility index (Phi) is 4.33. The van der Waals surface area contributed by atoms with Gasteiger partial charge in [0.15, 0.2) is 0 Å². The van der Waals surface area contributed by atoms with Gasteiger partial charge in [-0.3, -0.25) is 0 Å². The van der Waals surface area contributed by atoms with Crippen LogP contribution in [0.25, 0.3) is 31.8 Å². The highest BCUT2D eigenvalue weighted by atomic mass is 32.1. The standard InChI is InChI=1S/C23H14FNO3S/c24-16-8-5-14(6-9-16)13-27-17-10-7-15-11-18(23(26)28-20(15)12-17)22-25-19-3-1-2-4-21(19)29-22/h1-12H,13H2. The van der Waals surface area contributed by atoms with Crippen LogP contribution in [0.2, 0.25) is 0 Å². The Labute approximate surface area is 168 Å². The first kappa shape index (κ1) is 17.6. The smallest absolute Gasteiger partial charge is 0.346 e. The van der Waals surface area contributed by atoms with Gasteiger partial charge in [-0.15, -0.1) is 11.3 Å². The lowest BCUT2D eigenvalue weighted by Gasteiger charge is -2.07. The van der Waals surface area contributed by atoms with Gasteiger partial charge < -0.3 is 9.15 Å². The molecule has 0 aliphatic heterocycles. The molecular weight excluding hydrogens is 389 g/mol. The van der Waals surface area contributed by atoms with Crippen LogP contribution in [0.1, 0.15) is 5.56 Å². The highest BCUT2D eigenvalue weighted by Gasteiger charge is 2.13. The second kappa shape index (κ2) is 7.14. The minimum absolute atomic E-state index is 0.287. The van der Waals surface area contributed by atoms with Crippen LogP contribution in [0, 0.1) is 5.82 Å². The Hall–Kier alpha value is -3.51. The highest BCUT2D eigenvalue weighted by molar-refractivity contribution is 7.21. The van der Waals surface area contributed by atoms with E-state index in [9.17, 15) is 9.18 Å². The van der Waals surface area contributed by atoms with Crippen LogP contribution in [0.3, 0.4) is 0 Å². The summed E-state index contributed by atoms with van der Waals surface area (Å²) in [6.07, 6.45) is 0. The zero-order valence-electron chi connectivity index (χ0n) is 15.1. The molecule has 2 aromatic heterocycles. The van der Waals surface area contributed by atoms with Gasteiger partial charge in [0.05, 0.1) is 15.8 Å². The van der Waals surface area contributed by atoms with Gasteiger partial charge in [0.2, 0.25) is 0 Å². The molecule has 29 heavy (non-hydrogen) atoms. The molecule has 0 aliphatic rings. The van der Waals surface area contributed by atoms with Crippen LogP contribution < -0.4 is 10.4 Å². The van der Waals surface area contributed by atoms with Crippen molar-refractivity contribution in [1.29, 1.82) is 0 Å². The molecule has 5 rings (SSSR count). The van der Waals surface area contributed by atoms with E-state index in [1.165, 1.54) is 23.5 Å². The third-order valence-electron chi connectivity index (χ3n) is 4.55. The summed E-state index contributed by atoms with van der Waals surface area (Å²) < 4.78 is 25.3. The Morgan fingerprint density at radius 1 is 1.00 bits per heavy atom. The Bertz CT molecular complexity index is 1360. The third kappa shape index (κ3) is 3.50. The van der Waals surface area contributed by atoms with Crippen molar-refractivity contribution < 1.29 is 13.5 Å².